The Morgan fingerprint density at radius 3 is 1.52 bits per heavy atom. The van der Waals surface area contributed by atoms with Crippen molar-refractivity contribution >= 4 is 16.9 Å². The Bertz CT molecular complexity index is 1230. The molecule has 0 saturated heterocycles. The lowest BCUT2D eigenvalue weighted by atomic mass is 10.1. The van der Waals surface area contributed by atoms with Crippen LogP contribution in [0.2, 0.25) is 0 Å². The number of hydrogen-bond acceptors (Lipinski definition) is 2. The molecule has 0 amide bonds. The van der Waals surface area contributed by atoms with Gasteiger partial charge in [0.1, 0.15) is 11.3 Å². The average Bonchev–Trinajstić information content (AvgIpc) is 2.84. The molecule has 0 aromatic heterocycles. The Balaban J connectivity index is 1.64. The minimum absolute atomic E-state index is 0.0198. The summed E-state index contributed by atoms with van der Waals surface area (Å²) in [6.07, 6.45) is 0. The van der Waals surface area contributed by atoms with Gasteiger partial charge in [-0.25, -0.2) is 22.4 Å². The third kappa shape index (κ3) is 4.50. The standard InChI is InChI=1S/C26H17F4O2S/c1-16-22(27)24(29)21(25(30)23(16)28)26(31)32-17-12-14-20(15-13-17)33(18-8-4-2-5-9-18)19-10-6-3-7-11-19/h2-15H,1H3/q+1. The molecule has 4 aromatic carbocycles. The van der Waals surface area contributed by atoms with Crippen LogP contribution in [0, 0.1) is 30.2 Å². The van der Waals surface area contributed by atoms with E-state index >= 15 is 0 Å². The van der Waals surface area contributed by atoms with Crippen LogP contribution in [0.4, 0.5) is 17.6 Å². The van der Waals surface area contributed by atoms with Gasteiger partial charge in [-0.1, -0.05) is 36.4 Å². The van der Waals surface area contributed by atoms with Gasteiger partial charge < -0.3 is 4.74 Å². The number of ether oxygens (including phenoxy) is 1. The van der Waals surface area contributed by atoms with Crippen molar-refractivity contribution in [2.24, 2.45) is 0 Å². The van der Waals surface area contributed by atoms with Gasteiger partial charge in [-0.2, -0.15) is 0 Å². The first-order valence-corrected chi connectivity index (χ1v) is 11.1. The molecule has 0 N–H and O–H groups in total. The lowest BCUT2D eigenvalue weighted by Gasteiger charge is -2.11. The number of hydrogen-bond donors (Lipinski definition) is 0. The zero-order chi connectivity index (χ0) is 23.5. The fourth-order valence-electron chi connectivity index (χ4n) is 3.24. The normalized spacial score (nSPS) is 11.0. The molecule has 7 heteroatoms. The first kappa shape index (κ1) is 22.6. The second-order valence-corrected chi connectivity index (χ2v) is 9.08. The molecule has 0 saturated carbocycles. The summed E-state index contributed by atoms with van der Waals surface area (Å²) in [5.41, 5.74) is -2.26. The number of halogens is 4. The van der Waals surface area contributed by atoms with E-state index < -0.39 is 51.3 Å². The number of benzene rings is 4. The predicted octanol–water partition coefficient (Wildman–Crippen LogP) is 6.87. The predicted molar refractivity (Wildman–Crippen MR) is 117 cm³/mol. The van der Waals surface area contributed by atoms with E-state index in [4.69, 9.17) is 4.74 Å². The van der Waals surface area contributed by atoms with Crippen LogP contribution in [-0.2, 0) is 10.9 Å². The molecule has 0 aliphatic rings. The van der Waals surface area contributed by atoms with Crippen LogP contribution in [0.25, 0.3) is 0 Å². The van der Waals surface area contributed by atoms with Crippen LogP contribution in [0.15, 0.2) is 99.6 Å². The molecule has 0 aliphatic carbocycles. The van der Waals surface area contributed by atoms with Gasteiger partial charge in [-0.05, 0) is 55.5 Å². The molecule has 0 fully saturated rings. The number of rotatable bonds is 5. The third-order valence-corrected chi connectivity index (χ3v) is 7.15. The Hall–Kier alpha value is -3.58. The summed E-state index contributed by atoms with van der Waals surface area (Å²) < 4.78 is 60.9. The van der Waals surface area contributed by atoms with E-state index in [1.807, 2.05) is 60.7 Å². The van der Waals surface area contributed by atoms with Crippen LogP contribution in [0.1, 0.15) is 15.9 Å². The maximum Gasteiger partial charge on any atom is 0.349 e. The Labute approximate surface area is 190 Å². The minimum Gasteiger partial charge on any atom is -0.423 e. The van der Waals surface area contributed by atoms with E-state index in [-0.39, 0.29) is 5.75 Å². The van der Waals surface area contributed by atoms with Gasteiger partial charge in [0.2, 0.25) is 0 Å². The SMILES string of the molecule is Cc1c(F)c(F)c(C(=O)Oc2ccc([S+](c3ccccc3)c3ccccc3)cc2)c(F)c1F. The first-order valence-electron chi connectivity index (χ1n) is 9.87. The van der Waals surface area contributed by atoms with Crippen LogP contribution < -0.4 is 4.74 Å². The number of esters is 1. The Morgan fingerprint density at radius 2 is 1.06 bits per heavy atom. The van der Waals surface area contributed by atoms with E-state index in [0.717, 1.165) is 21.6 Å². The number of carbonyl (C=O) groups excluding carboxylic acids is 1. The molecule has 2 nitrogen and oxygen atoms in total. The van der Waals surface area contributed by atoms with Crippen molar-refractivity contribution in [1.82, 2.24) is 0 Å². The van der Waals surface area contributed by atoms with Crippen molar-refractivity contribution in [1.29, 1.82) is 0 Å². The lowest BCUT2D eigenvalue weighted by Crippen LogP contribution is -2.17. The molecule has 0 unspecified atom stereocenters. The first-order chi connectivity index (χ1) is 15.9. The second kappa shape index (κ2) is 9.50. The average molecular weight is 469 g/mol. The molecular weight excluding hydrogens is 452 g/mol. The summed E-state index contributed by atoms with van der Waals surface area (Å²) in [6, 6.07) is 26.1. The molecule has 0 heterocycles. The molecule has 0 spiro atoms. The van der Waals surface area contributed by atoms with E-state index in [2.05, 4.69) is 0 Å². The third-order valence-electron chi connectivity index (χ3n) is 4.91. The van der Waals surface area contributed by atoms with Crippen molar-refractivity contribution in [2.45, 2.75) is 21.6 Å². The highest BCUT2D eigenvalue weighted by molar-refractivity contribution is 7.97. The quantitative estimate of drug-likeness (QED) is 0.105. The van der Waals surface area contributed by atoms with Crippen LogP contribution >= 0.6 is 0 Å². The van der Waals surface area contributed by atoms with Crippen molar-refractivity contribution < 1.29 is 27.1 Å². The lowest BCUT2D eigenvalue weighted by molar-refractivity contribution is 0.0721. The summed E-state index contributed by atoms with van der Waals surface area (Å²) in [6.45, 7) is 0.876. The van der Waals surface area contributed by atoms with Gasteiger partial charge in [0, 0.05) is 5.56 Å². The highest BCUT2D eigenvalue weighted by atomic mass is 32.2. The maximum absolute atomic E-state index is 14.1. The van der Waals surface area contributed by atoms with Crippen LogP contribution in [0.3, 0.4) is 0 Å². The van der Waals surface area contributed by atoms with Gasteiger partial charge in [-0.15, -0.1) is 0 Å². The van der Waals surface area contributed by atoms with Crippen molar-refractivity contribution in [3.63, 3.8) is 0 Å². The topological polar surface area (TPSA) is 26.3 Å². The van der Waals surface area contributed by atoms with Crippen molar-refractivity contribution in [3.05, 3.63) is 119 Å². The summed E-state index contributed by atoms with van der Waals surface area (Å²) in [5.74, 6) is -8.39. The highest BCUT2D eigenvalue weighted by Crippen LogP contribution is 2.32. The van der Waals surface area contributed by atoms with Crippen LogP contribution in [0.5, 0.6) is 5.75 Å². The largest absolute Gasteiger partial charge is 0.423 e. The van der Waals surface area contributed by atoms with Crippen molar-refractivity contribution in [2.75, 3.05) is 0 Å². The molecule has 33 heavy (non-hydrogen) atoms. The molecule has 0 bridgehead atoms. The number of carbonyl (C=O) groups is 1. The van der Waals surface area contributed by atoms with E-state index in [1.165, 1.54) is 12.1 Å². The van der Waals surface area contributed by atoms with Gasteiger partial charge in [-0.3, -0.25) is 0 Å². The second-order valence-electron chi connectivity index (χ2n) is 7.05. The molecule has 4 rings (SSSR count). The highest BCUT2D eigenvalue weighted by Gasteiger charge is 2.30. The van der Waals surface area contributed by atoms with Gasteiger partial charge in [0.05, 0.1) is 10.9 Å². The molecule has 166 valence electrons. The maximum atomic E-state index is 14.1. The van der Waals surface area contributed by atoms with E-state index in [0.29, 0.717) is 0 Å². The van der Waals surface area contributed by atoms with E-state index in [1.54, 1.807) is 12.1 Å². The van der Waals surface area contributed by atoms with E-state index in [9.17, 15) is 22.4 Å². The fourth-order valence-corrected chi connectivity index (χ4v) is 5.33. The minimum atomic E-state index is -1.79. The summed E-state index contributed by atoms with van der Waals surface area (Å²) in [5, 5.41) is 0. The zero-order valence-electron chi connectivity index (χ0n) is 17.3. The summed E-state index contributed by atoms with van der Waals surface area (Å²) >= 11 is 0. The fraction of sp³-hybridized carbons (Fsp3) is 0.0385. The summed E-state index contributed by atoms with van der Waals surface area (Å²) in [7, 11) is -0.447. The molecular formula is C26H17F4O2S+. The molecule has 0 radical (unpaired) electrons. The molecule has 0 atom stereocenters. The Kier molecular flexibility index (Phi) is 6.51. The van der Waals surface area contributed by atoms with Gasteiger partial charge in [0.15, 0.2) is 38.0 Å². The van der Waals surface area contributed by atoms with Crippen molar-refractivity contribution in [3.8, 4) is 5.75 Å². The summed E-state index contributed by atoms with van der Waals surface area (Å²) in [4.78, 5) is 15.4. The Morgan fingerprint density at radius 1 is 0.636 bits per heavy atom. The van der Waals surface area contributed by atoms with Gasteiger partial charge in [0.25, 0.3) is 0 Å². The monoisotopic (exact) mass is 469 g/mol. The molecule has 4 aromatic rings. The smallest absolute Gasteiger partial charge is 0.349 e. The zero-order valence-corrected chi connectivity index (χ0v) is 18.1. The molecule has 0 aliphatic heterocycles. The van der Waals surface area contributed by atoms with Crippen LogP contribution in [-0.4, -0.2) is 5.97 Å². The van der Waals surface area contributed by atoms with Gasteiger partial charge >= 0.3 is 5.97 Å².